The second-order valence-corrected chi connectivity index (χ2v) is 8.90. The quantitative estimate of drug-likeness (QED) is 0.621. The van der Waals surface area contributed by atoms with Crippen LogP contribution in [0.4, 0.5) is 5.95 Å². The standard InChI is InChI=1S/C19H23N7S2/c27-19-25(14-23-8-10-24(11-9-23)18-20-6-2-7-21-18)22-17(26(19)15-4-5-15)13-16-3-1-12-28-16/h1-3,6-7,12,15H,4-5,8-11,13-14H2/p+1. The summed E-state index contributed by atoms with van der Waals surface area (Å²) in [6.45, 7) is 4.82. The first-order valence-corrected chi connectivity index (χ1v) is 11.1. The molecule has 146 valence electrons. The fourth-order valence-electron chi connectivity index (χ4n) is 3.80. The summed E-state index contributed by atoms with van der Waals surface area (Å²) in [6, 6.07) is 6.70. The van der Waals surface area contributed by atoms with Crippen LogP contribution in [0.2, 0.25) is 0 Å². The van der Waals surface area contributed by atoms with E-state index in [2.05, 4.69) is 41.6 Å². The lowest BCUT2D eigenvalue weighted by Crippen LogP contribution is -3.14. The highest BCUT2D eigenvalue weighted by Crippen LogP contribution is 2.36. The van der Waals surface area contributed by atoms with Crippen molar-refractivity contribution in [3.05, 3.63) is 51.4 Å². The van der Waals surface area contributed by atoms with E-state index in [1.807, 2.05) is 6.07 Å². The number of hydrogen-bond donors (Lipinski definition) is 1. The number of piperazine rings is 1. The highest BCUT2D eigenvalue weighted by Gasteiger charge is 2.30. The Hall–Kier alpha value is -2.10. The van der Waals surface area contributed by atoms with Crippen LogP contribution in [0.5, 0.6) is 0 Å². The third kappa shape index (κ3) is 3.74. The zero-order chi connectivity index (χ0) is 18.9. The van der Waals surface area contributed by atoms with Crippen molar-refractivity contribution < 1.29 is 4.90 Å². The molecule has 1 aliphatic carbocycles. The molecule has 0 unspecified atom stereocenters. The van der Waals surface area contributed by atoms with Gasteiger partial charge in [-0.25, -0.2) is 9.97 Å². The molecule has 9 heteroatoms. The van der Waals surface area contributed by atoms with Gasteiger partial charge in [0.25, 0.3) is 0 Å². The molecule has 0 amide bonds. The van der Waals surface area contributed by atoms with Gasteiger partial charge in [-0.3, -0.25) is 0 Å². The van der Waals surface area contributed by atoms with Gasteiger partial charge in [0.15, 0.2) is 6.67 Å². The molecule has 4 heterocycles. The number of nitrogens with one attached hydrogen (secondary N) is 1. The first kappa shape index (κ1) is 18.0. The molecule has 0 atom stereocenters. The van der Waals surface area contributed by atoms with E-state index in [1.54, 1.807) is 23.7 Å². The van der Waals surface area contributed by atoms with Crippen molar-refractivity contribution in [2.75, 3.05) is 31.1 Å². The maximum atomic E-state index is 5.82. The molecule has 0 bridgehead atoms. The summed E-state index contributed by atoms with van der Waals surface area (Å²) in [5.41, 5.74) is 0. The SMILES string of the molecule is S=c1n(C[NH+]2CCN(c3ncccn3)CC2)nc(Cc2cccs2)n1C1CC1. The zero-order valence-electron chi connectivity index (χ0n) is 15.7. The Labute approximate surface area is 173 Å². The highest BCUT2D eigenvalue weighted by molar-refractivity contribution is 7.71. The van der Waals surface area contributed by atoms with Crippen LogP contribution in [-0.2, 0) is 13.1 Å². The van der Waals surface area contributed by atoms with Crippen molar-refractivity contribution >= 4 is 29.5 Å². The molecular weight excluding hydrogens is 390 g/mol. The first-order chi connectivity index (χ1) is 13.8. The number of thiophene rings is 1. The van der Waals surface area contributed by atoms with E-state index in [0.29, 0.717) is 6.04 Å². The monoisotopic (exact) mass is 414 g/mol. The van der Waals surface area contributed by atoms with E-state index in [0.717, 1.165) is 55.8 Å². The minimum atomic E-state index is 0.554. The molecule has 2 aliphatic rings. The van der Waals surface area contributed by atoms with Gasteiger partial charge in [-0.15, -0.1) is 11.3 Å². The molecule has 5 rings (SSSR count). The Balaban J connectivity index is 1.29. The molecule has 28 heavy (non-hydrogen) atoms. The van der Waals surface area contributed by atoms with E-state index in [9.17, 15) is 0 Å². The summed E-state index contributed by atoms with van der Waals surface area (Å²) in [5, 5.41) is 7.07. The third-order valence-electron chi connectivity index (χ3n) is 5.44. The van der Waals surface area contributed by atoms with Crippen LogP contribution in [0.3, 0.4) is 0 Å². The molecular formula is C19H24N7S2+. The van der Waals surface area contributed by atoms with Gasteiger partial charge in [0.05, 0.1) is 26.2 Å². The topological polar surface area (TPSA) is 56.2 Å². The summed E-state index contributed by atoms with van der Waals surface area (Å²) in [7, 11) is 0. The van der Waals surface area contributed by atoms with Gasteiger partial charge in [-0.1, -0.05) is 6.07 Å². The number of nitrogens with zero attached hydrogens (tertiary/aromatic N) is 6. The second kappa shape index (κ2) is 7.73. The van der Waals surface area contributed by atoms with Crippen LogP contribution in [0, 0.1) is 4.77 Å². The van der Waals surface area contributed by atoms with Crippen molar-refractivity contribution in [2.24, 2.45) is 0 Å². The van der Waals surface area contributed by atoms with E-state index in [4.69, 9.17) is 17.3 Å². The fourth-order valence-corrected chi connectivity index (χ4v) is 4.87. The summed E-state index contributed by atoms with van der Waals surface area (Å²) >= 11 is 7.60. The minimum absolute atomic E-state index is 0.554. The zero-order valence-corrected chi connectivity index (χ0v) is 17.3. The van der Waals surface area contributed by atoms with Crippen molar-refractivity contribution in [1.82, 2.24) is 24.3 Å². The maximum Gasteiger partial charge on any atom is 0.225 e. The van der Waals surface area contributed by atoms with Gasteiger partial charge in [0.2, 0.25) is 10.7 Å². The van der Waals surface area contributed by atoms with E-state index >= 15 is 0 Å². The molecule has 7 nitrogen and oxygen atoms in total. The Kier molecular flexibility index (Phi) is 4.96. The molecule has 0 aromatic carbocycles. The number of quaternary nitrogens is 1. The predicted molar refractivity (Wildman–Crippen MR) is 111 cm³/mol. The predicted octanol–water partition coefficient (Wildman–Crippen LogP) is 1.55. The average molecular weight is 415 g/mol. The Morgan fingerprint density at radius 1 is 1.14 bits per heavy atom. The largest absolute Gasteiger partial charge is 0.330 e. The summed E-state index contributed by atoms with van der Waals surface area (Å²) in [4.78, 5) is 13.9. The van der Waals surface area contributed by atoms with Gasteiger partial charge >= 0.3 is 0 Å². The molecule has 3 aromatic heterocycles. The summed E-state index contributed by atoms with van der Waals surface area (Å²) < 4.78 is 5.25. The smallest absolute Gasteiger partial charge is 0.225 e. The van der Waals surface area contributed by atoms with Gasteiger partial charge in [-0.2, -0.15) is 9.78 Å². The summed E-state index contributed by atoms with van der Waals surface area (Å²) in [6.07, 6.45) is 6.93. The van der Waals surface area contributed by atoms with E-state index < -0.39 is 0 Å². The van der Waals surface area contributed by atoms with Gasteiger partial charge in [0.1, 0.15) is 5.82 Å². The lowest BCUT2D eigenvalue weighted by Gasteiger charge is -2.31. The van der Waals surface area contributed by atoms with Crippen LogP contribution < -0.4 is 9.80 Å². The minimum Gasteiger partial charge on any atom is -0.330 e. The third-order valence-corrected chi connectivity index (χ3v) is 6.73. The Morgan fingerprint density at radius 3 is 2.61 bits per heavy atom. The molecule has 1 saturated heterocycles. The van der Waals surface area contributed by atoms with Gasteiger partial charge < -0.3 is 14.4 Å². The molecule has 1 N–H and O–H groups in total. The average Bonchev–Trinajstić information content (AvgIpc) is 3.34. The molecule has 1 aliphatic heterocycles. The number of hydrogen-bond acceptors (Lipinski definition) is 6. The lowest BCUT2D eigenvalue weighted by atomic mass is 10.3. The number of anilines is 1. The van der Waals surface area contributed by atoms with Crippen LogP contribution in [0.25, 0.3) is 0 Å². The molecule has 0 radical (unpaired) electrons. The Morgan fingerprint density at radius 2 is 1.93 bits per heavy atom. The van der Waals surface area contributed by atoms with Crippen LogP contribution in [0.15, 0.2) is 36.0 Å². The molecule has 0 spiro atoms. The van der Waals surface area contributed by atoms with Crippen molar-refractivity contribution in [3.8, 4) is 0 Å². The van der Waals surface area contributed by atoms with Crippen molar-refractivity contribution in [1.29, 1.82) is 0 Å². The second-order valence-electron chi connectivity index (χ2n) is 7.50. The van der Waals surface area contributed by atoms with Crippen LogP contribution >= 0.6 is 23.6 Å². The highest BCUT2D eigenvalue weighted by atomic mass is 32.1. The maximum absolute atomic E-state index is 5.82. The van der Waals surface area contributed by atoms with E-state index in [1.165, 1.54) is 22.6 Å². The van der Waals surface area contributed by atoms with Gasteiger partial charge in [-0.05, 0) is 42.6 Å². The molecule has 2 fully saturated rings. The fraction of sp³-hybridized carbons (Fsp3) is 0.474. The normalized spacial score (nSPS) is 17.9. The Bertz CT molecular complexity index is 968. The molecule has 3 aromatic rings. The van der Waals surface area contributed by atoms with Crippen molar-refractivity contribution in [3.63, 3.8) is 0 Å². The lowest BCUT2D eigenvalue weighted by molar-refractivity contribution is -0.924. The first-order valence-electron chi connectivity index (χ1n) is 9.84. The van der Waals surface area contributed by atoms with Crippen molar-refractivity contribution in [2.45, 2.75) is 32.0 Å². The summed E-state index contributed by atoms with van der Waals surface area (Å²) in [5.74, 6) is 1.94. The van der Waals surface area contributed by atoms with Crippen LogP contribution in [0.1, 0.15) is 29.6 Å². The van der Waals surface area contributed by atoms with E-state index in [-0.39, 0.29) is 0 Å². The number of rotatable bonds is 6. The van der Waals surface area contributed by atoms with Gasteiger partial charge in [0, 0.05) is 29.7 Å². The van der Waals surface area contributed by atoms with Crippen LogP contribution in [-0.4, -0.2) is 50.5 Å². The number of aromatic nitrogens is 5. The molecule has 1 saturated carbocycles.